The fourth-order valence-electron chi connectivity index (χ4n) is 4.06. The van der Waals surface area contributed by atoms with Crippen LogP contribution in [0.5, 0.6) is 0 Å². The molecule has 148 valence electrons. The average molecular weight is 394 g/mol. The lowest BCUT2D eigenvalue weighted by atomic mass is 10.1. The van der Waals surface area contributed by atoms with Crippen LogP contribution in [-0.2, 0) is 30.6 Å². The molecule has 0 N–H and O–H groups in total. The first-order chi connectivity index (χ1) is 12.9. The average Bonchev–Trinajstić information content (AvgIpc) is 3.29. The molecule has 1 unspecified atom stereocenters. The van der Waals surface area contributed by atoms with Crippen molar-refractivity contribution >= 4 is 21.7 Å². The van der Waals surface area contributed by atoms with Crippen molar-refractivity contribution < 1.29 is 22.7 Å². The Bertz CT molecular complexity index is 756. The van der Waals surface area contributed by atoms with E-state index in [-0.39, 0.29) is 42.5 Å². The monoisotopic (exact) mass is 393 g/mol. The predicted molar refractivity (Wildman–Crippen MR) is 102 cm³/mol. The molecule has 0 bridgehead atoms. The Morgan fingerprint density at radius 1 is 1.04 bits per heavy atom. The summed E-state index contributed by atoms with van der Waals surface area (Å²) in [4.78, 5) is 26.5. The number of amides is 1. The number of nitrogens with zero attached hydrogens (tertiary/aromatic N) is 1. The zero-order valence-electron chi connectivity index (χ0n) is 15.5. The Morgan fingerprint density at radius 3 is 2.37 bits per heavy atom. The second-order valence-electron chi connectivity index (χ2n) is 7.44. The third-order valence-electron chi connectivity index (χ3n) is 5.43. The number of carbonyl (C=O) groups excluding carboxylic acids is 2. The van der Waals surface area contributed by atoms with Gasteiger partial charge < -0.3 is 9.64 Å². The van der Waals surface area contributed by atoms with E-state index in [9.17, 15) is 18.0 Å². The third-order valence-corrected chi connectivity index (χ3v) is 7.18. The number of rotatable bonds is 7. The summed E-state index contributed by atoms with van der Waals surface area (Å²) in [6.45, 7) is -0.305. The highest BCUT2D eigenvalue weighted by atomic mass is 32.2. The predicted octanol–water partition coefficient (Wildman–Crippen LogP) is 2.12. The standard InChI is InChI=1S/C20H27NO5S/c22-19(14-26-20(23)11-10-16-6-2-1-3-7-16)21(17-8-4-5-9-17)18-12-13-27(24,25)15-18/h1-3,6-7,17-18H,4-5,8-15H2. The Balaban J connectivity index is 1.53. The molecule has 1 aromatic rings. The molecule has 1 saturated heterocycles. The zero-order valence-corrected chi connectivity index (χ0v) is 16.3. The molecule has 1 heterocycles. The number of sulfone groups is 1. The number of aryl methyl sites for hydroxylation is 1. The number of hydrogen-bond donors (Lipinski definition) is 0. The number of hydrogen-bond acceptors (Lipinski definition) is 5. The molecule has 1 saturated carbocycles. The van der Waals surface area contributed by atoms with Crippen molar-refractivity contribution in [2.75, 3.05) is 18.1 Å². The molecular weight excluding hydrogens is 366 g/mol. The Labute approximate surface area is 160 Å². The van der Waals surface area contributed by atoms with Crippen molar-refractivity contribution in [1.29, 1.82) is 0 Å². The highest BCUT2D eigenvalue weighted by molar-refractivity contribution is 7.91. The molecule has 1 aliphatic heterocycles. The van der Waals surface area contributed by atoms with Gasteiger partial charge in [-0.2, -0.15) is 0 Å². The molecule has 0 aromatic heterocycles. The summed E-state index contributed by atoms with van der Waals surface area (Å²) < 4.78 is 28.9. The summed E-state index contributed by atoms with van der Waals surface area (Å²) in [6, 6.07) is 9.43. The Kier molecular flexibility index (Phi) is 6.52. The molecule has 1 aromatic carbocycles. The first-order valence-corrected chi connectivity index (χ1v) is 11.5. The van der Waals surface area contributed by atoms with E-state index in [4.69, 9.17) is 4.74 Å². The van der Waals surface area contributed by atoms with Crippen molar-refractivity contribution in [1.82, 2.24) is 4.90 Å². The SMILES string of the molecule is O=C(CCc1ccccc1)OCC(=O)N(C1CCCC1)C1CCS(=O)(=O)C1. The van der Waals surface area contributed by atoms with Crippen molar-refractivity contribution in [3.8, 4) is 0 Å². The normalized spacial score (nSPS) is 21.9. The van der Waals surface area contributed by atoms with Gasteiger partial charge in [-0.05, 0) is 31.2 Å². The maximum atomic E-state index is 12.8. The van der Waals surface area contributed by atoms with E-state index in [0.29, 0.717) is 12.8 Å². The molecule has 2 aliphatic rings. The van der Waals surface area contributed by atoms with Crippen LogP contribution in [-0.4, -0.2) is 55.4 Å². The minimum Gasteiger partial charge on any atom is -0.456 e. The van der Waals surface area contributed by atoms with Gasteiger partial charge in [0.25, 0.3) is 5.91 Å². The van der Waals surface area contributed by atoms with Gasteiger partial charge in [0.05, 0.1) is 11.5 Å². The van der Waals surface area contributed by atoms with Crippen LogP contribution in [0.15, 0.2) is 30.3 Å². The van der Waals surface area contributed by atoms with Crippen LogP contribution in [0.1, 0.15) is 44.1 Å². The van der Waals surface area contributed by atoms with E-state index in [1.807, 2.05) is 30.3 Å². The van der Waals surface area contributed by atoms with Gasteiger partial charge in [0.2, 0.25) is 0 Å². The molecule has 2 fully saturated rings. The molecule has 27 heavy (non-hydrogen) atoms. The molecule has 7 heteroatoms. The fraction of sp³-hybridized carbons (Fsp3) is 0.600. The zero-order chi connectivity index (χ0) is 19.3. The highest BCUT2D eigenvalue weighted by Gasteiger charge is 2.39. The lowest BCUT2D eigenvalue weighted by molar-refractivity contribution is -0.154. The van der Waals surface area contributed by atoms with Crippen LogP contribution in [0.2, 0.25) is 0 Å². The van der Waals surface area contributed by atoms with Crippen molar-refractivity contribution in [2.24, 2.45) is 0 Å². The van der Waals surface area contributed by atoms with Gasteiger partial charge >= 0.3 is 5.97 Å². The molecule has 1 aliphatic carbocycles. The van der Waals surface area contributed by atoms with Crippen molar-refractivity contribution in [2.45, 2.75) is 57.0 Å². The van der Waals surface area contributed by atoms with Gasteiger partial charge in [-0.1, -0.05) is 43.2 Å². The number of esters is 1. The highest BCUT2D eigenvalue weighted by Crippen LogP contribution is 2.29. The smallest absolute Gasteiger partial charge is 0.306 e. The van der Waals surface area contributed by atoms with Gasteiger partial charge in [0.1, 0.15) is 0 Å². The van der Waals surface area contributed by atoms with E-state index in [1.165, 1.54) is 0 Å². The molecule has 3 rings (SSSR count). The Hall–Kier alpha value is -1.89. The van der Waals surface area contributed by atoms with Crippen LogP contribution in [0.4, 0.5) is 0 Å². The van der Waals surface area contributed by atoms with Crippen LogP contribution >= 0.6 is 0 Å². The molecule has 1 amide bonds. The van der Waals surface area contributed by atoms with Crippen LogP contribution in [0.3, 0.4) is 0 Å². The van der Waals surface area contributed by atoms with Crippen LogP contribution in [0, 0.1) is 0 Å². The molecule has 6 nitrogen and oxygen atoms in total. The number of carbonyl (C=O) groups is 2. The first kappa shape index (κ1) is 19.9. The summed E-state index contributed by atoms with van der Waals surface area (Å²) in [7, 11) is -3.08. The van der Waals surface area contributed by atoms with Gasteiger partial charge in [-0.3, -0.25) is 9.59 Å². The van der Waals surface area contributed by atoms with Crippen LogP contribution < -0.4 is 0 Å². The topological polar surface area (TPSA) is 80.8 Å². The molecule has 0 radical (unpaired) electrons. The van der Waals surface area contributed by atoms with Gasteiger partial charge in [-0.25, -0.2) is 8.42 Å². The van der Waals surface area contributed by atoms with E-state index in [0.717, 1.165) is 31.2 Å². The first-order valence-electron chi connectivity index (χ1n) is 9.66. The van der Waals surface area contributed by atoms with Gasteiger partial charge in [-0.15, -0.1) is 0 Å². The van der Waals surface area contributed by atoms with E-state index < -0.39 is 15.8 Å². The molecule has 0 spiro atoms. The largest absolute Gasteiger partial charge is 0.456 e. The van der Waals surface area contributed by atoms with Gasteiger partial charge in [0.15, 0.2) is 16.4 Å². The maximum absolute atomic E-state index is 12.8. The minimum absolute atomic E-state index is 0.0250. The minimum atomic E-state index is -3.08. The second-order valence-corrected chi connectivity index (χ2v) is 9.67. The number of ether oxygens (including phenoxy) is 1. The third kappa shape index (κ3) is 5.54. The summed E-state index contributed by atoms with van der Waals surface area (Å²) in [6.07, 6.45) is 5.15. The summed E-state index contributed by atoms with van der Waals surface area (Å²) in [5.74, 6) is -0.517. The van der Waals surface area contributed by atoms with Crippen molar-refractivity contribution in [3.63, 3.8) is 0 Å². The molecule has 1 atom stereocenters. The van der Waals surface area contributed by atoms with Gasteiger partial charge in [0, 0.05) is 18.5 Å². The fourth-order valence-corrected chi connectivity index (χ4v) is 5.77. The molecular formula is C20H27NO5S. The van der Waals surface area contributed by atoms with E-state index >= 15 is 0 Å². The summed E-state index contributed by atoms with van der Waals surface area (Å²) in [5.41, 5.74) is 1.05. The van der Waals surface area contributed by atoms with Crippen molar-refractivity contribution in [3.05, 3.63) is 35.9 Å². The number of benzene rings is 1. The maximum Gasteiger partial charge on any atom is 0.306 e. The van der Waals surface area contributed by atoms with E-state index in [1.54, 1.807) is 4.90 Å². The lowest BCUT2D eigenvalue weighted by Gasteiger charge is -2.33. The van der Waals surface area contributed by atoms with E-state index in [2.05, 4.69) is 0 Å². The second kappa shape index (κ2) is 8.87. The lowest BCUT2D eigenvalue weighted by Crippen LogP contribution is -2.48. The summed E-state index contributed by atoms with van der Waals surface area (Å²) in [5, 5.41) is 0. The quantitative estimate of drug-likeness (QED) is 0.663. The Morgan fingerprint density at radius 2 is 1.74 bits per heavy atom. The van der Waals surface area contributed by atoms with Crippen LogP contribution in [0.25, 0.3) is 0 Å². The summed E-state index contributed by atoms with van der Waals surface area (Å²) >= 11 is 0.